The van der Waals surface area contributed by atoms with Gasteiger partial charge in [-0.05, 0) is 55.2 Å². The standard InChI is InChI=1S/C27H31N3O3/c1-2-9-26(31)29-23-14-6-13-22(18-23)28-20-27(32)30-24-15-7-16-25(19-24)33-17-8-12-21-10-4-3-5-11-21/h3-7,10-11,13-16,18-19,28H,2,8-9,12,17,20H2,1H3,(H,29,31)(H,30,32). The highest BCUT2D eigenvalue weighted by Gasteiger charge is 2.06. The predicted molar refractivity (Wildman–Crippen MR) is 134 cm³/mol. The van der Waals surface area contributed by atoms with E-state index in [1.807, 2.05) is 73.7 Å². The van der Waals surface area contributed by atoms with Crippen LogP contribution in [0.15, 0.2) is 78.9 Å². The molecule has 0 saturated carbocycles. The molecular formula is C27H31N3O3. The second-order valence-electron chi connectivity index (χ2n) is 7.75. The van der Waals surface area contributed by atoms with E-state index in [0.717, 1.165) is 30.7 Å². The summed E-state index contributed by atoms with van der Waals surface area (Å²) in [4.78, 5) is 24.1. The minimum absolute atomic E-state index is 0.0189. The number of amides is 2. The van der Waals surface area contributed by atoms with Crippen molar-refractivity contribution in [2.45, 2.75) is 32.6 Å². The van der Waals surface area contributed by atoms with Gasteiger partial charge in [-0.3, -0.25) is 9.59 Å². The largest absolute Gasteiger partial charge is 0.494 e. The van der Waals surface area contributed by atoms with Crippen LogP contribution in [0.3, 0.4) is 0 Å². The summed E-state index contributed by atoms with van der Waals surface area (Å²) in [5, 5.41) is 8.82. The highest BCUT2D eigenvalue weighted by molar-refractivity contribution is 5.94. The SMILES string of the molecule is CCCC(=O)Nc1cccc(NCC(=O)Nc2cccc(OCCCc3ccccc3)c2)c1. The molecule has 0 spiro atoms. The van der Waals surface area contributed by atoms with Gasteiger partial charge in [-0.25, -0.2) is 0 Å². The summed E-state index contributed by atoms with van der Waals surface area (Å²) in [6.45, 7) is 2.68. The molecule has 2 amide bonds. The highest BCUT2D eigenvalue weighted by Crippen LogP contribution is 2.18. The Morgan fingerprint density at radius 3 is 2.27 bits per heavy atom. The molecule has 3 N–H and O–H groups in total. The number of carbonyl (C=O) groups excluding carboxylic acids is 2. The van der Waals surface area contributed by atoms with E-state index < -0.39 is 0 Å². The summed E-state index contributed by atoms with van der Waals surface area (Å²) >= 11 is 0. The van der Waals surface area contributed by atoms with Crippen LogP contribution in [0.25, 0.3) is 0 Å². The first-order valence-corrected chi connectivity index (χ1v) is 11.3. The molecular weight excluding hydrogens is 414 g/mol. The third kappa shape index (κ3) is 8.69. The van der Waals surface area contributed by atoms with Crippen molar-refractivity contribution in [3.8, 4) is 5.75 Å². The number of anilines is 3. The smallest absolute Gasteiger partial charge is 0.243 e. The fourth-order valence-electron chi connectivity index (χ4n) is 3.32. The summed E-state index contributed by atoms with van der Waals surface area (Å²) in [7, 11) is 0. The fraction of sp³-hybridized carbons (Fsp3) is 0.259. The maximum Gasteiger partial charge on any atom is 0.243 e. The second-order valence-corrected chi connectivity index (χ2v) is 7.75. The quantitative estimate of drug-likeness (QED) is 0.322. The van der Waals surface area contributed by atoms with Crippen molar-refractivity contribution < 1.29 is 14.3 Å². The number of aryl methyl sites for hydroxylation is 1. The Balaban J connectivity index is 1.42. The summed E-state index contributed by atoms with van der Waals surface area (Å²) in [5.74, 6) is 0.538. The van der Waals surface area contributed by atoms with Crippen LogP contribution in [0.4, 0.5) is 17.1 Å². The lowest BCUT2D eigenvalue weighted by molar-refractivity contribution is -0.116. The molecule has 0 aliphatic heterocycles. The molecule has 0 atom stereocenters. The Morgan fingerprint density at radius 2 is 1.48 bits per heavy atom. The van der Waals surface area contributed by atoms with Crippen molar-refractivity contribution >= 4 is 28.9 Å². The Kier molecular flexibility index (Phi) is 9.33. The zero-order chi connectivity index (χ0) is 23.3. The van der Waals surface area contributed by atoms with Gasteiger partial charge in [0, 0.05) is 29.5 Å². The van der Waals surface area contributed by atoms with E-state index in [2.05, 4.69) is 28.1 Å². The molecule has 0 bridgehead atoms. The van der Waals surface area contributed by atoms with Crippen molar-refractivity contribution in [1.82, 2.24) is 0 Å². The summed E-state index contributed by atoms with van der Waals surface area (Å²) in [6, 6.07) is 25.0. The van der Waals surface area contributed by atoms with Crippen LogP contribution in [0.5, 0.6) is 5.75 Å². The zero-order valence-electron chi connectivity index (χ0n) is 19.0. The lowest BCUT2D eigenvalue weighted by Gasteiger charge is -2.11. The van der Waals surface area contributed by atoms with E-state index >= 15 is 0 Å². The summed E-state index contributed by atoms with van der Waals surface area (Å²) < 4.78 is 5.84. The normalized spacial score (nSPS) is 10.3. The number of benzene rings is 3. The molecule has 6 nitrogen and oxygen atoms in total. The Morgan fingerprint density at radius 1 is 0.788 bits per heavy atom. The molecule has 33 heavy (non-hydrogen) atoms. The first kappa shape index (κ1) is 23.9. The number of hydrogen-bond acceptors (Lipinski definition) is 4. The topological polar surface area (TPSA) is 79.5 Å². The molecule has 0 saturated heterocycles. The van der Waals surface area contributed by atoms with Crippen LogP contribution in [-0.4, -0.2) is 25.0 Å². The van der Waals surface area contributed by atoms with Crippen LogP contribution in [0.2, 0.25) is 0 Å². The van der Waals surface area contributed by atoms with Crippen molar-refractivity contribution in [1.29, 1.82) is 0 Å². The maximum absolute atomic E-state index is 12.4. The molecule has 0 heterocycles. The molecule has 6 heteroatoms. The zero-order valence-corrected chi connectivity index (χ0v) is 19.0. The van der Waals surface area contributed by atoms with Crippen LogP contribution < -0.4 is 20.7 Å². The molecule has 3 aromatic carbocycles. The van der Waals surface area contributed by atoms with Gasteiger partial charge < -0.3 is 20.7 Å². The third-order valence-corrected chi connectivity index (χ3v) is 4.92. The number of rotatable bonds is 12. The average Bonchev–Trinajstić information content (AvgIpc) is 2.82. The van der Waals surface area contributed by atoms with Crippen LogP contribution >= 0.6 is 0 Å². The number of nitrogens with one attached hydrogen (secondary N) is 3. The number of hydrogen-bond donors (Lipinski definition) is 3. The van der Waals surface area contributed by atoms with Gasteiger partial charge in [-0.2, -0.15) is 0 Å². The van der Waals surface area contributed by atoms with Crippen molar-refractivity contribution in [2.24, 2.45) is 0 Å². The molecule has 0 aromatic heterocycles. The first-order chi connectivity index (χ1) is 16.1. The molecule has 0 aliphatic carbocycles. The summed E-state index contributed by atoms with van der Waals surface area (Å²) in [5.41, 5.74) is 3.44. The van der Waals surface area contributed by atoms with Crippen molar-refractivity contribution in [2.75, 3.05) is 29.1 Å². The lowest BCUT2D eigenvalue weighted by atomic mass is 10.1. The molecule has 172 valence electrons. The molecule has 3 aromatic rings. The maximum atomic E-state index is 12.4. The van der Waals surface area contributed by atoms with Gasteiger partial charge in [0.1, 0.15) is 5.75 Å². The van der Waals surface area contributed by atoms with E-state index in [-0.39, 0.29) is 18.4 Å². The van der Waals surface area contributed by atoms with Gasteiger partial charge in [-0.1, -0.05) is 49.4 Å². The molecule has 3 rings (SSSR count). The van der Waals surface area contributed by atoms with Crippen molar-refractivity contribution in [3.63, 3.8) is 0 Å². The Hall–Kier alpha value is -3.80. The monoisotopic (exact) mass is 445 g/mol. The average molecular weight is 446 g/mol. The van der Waals surface area contributed by atoms with Crippen molar-refractivity contribution in [3.05, 3.63) is 84.4 Å². The van der Waals surface area contributed by atoms with Crippen LogP contribution in [-0.2, 0) is 16.0 Å². The first-order valence-electron chi connectivity index (χ1n) is 11.3. The van der Waals surface area contributed by atoms with E-state index in [4.69, 9.17) is 4.74 Å². The van der Waals surface area contributed by atoms with E-state index in [9.17, 15) is 9.59 Å². The predicted octanol–water partition coefficient (Wildman–Crippen LogP) is 5.49. The van der Waals surface area contributed by atoms with E-state index in [1.54, 1.807) is 0 Å². The molecule has 0 radical (unpaired) electrons. The van der Waals surface area contributed by atoms with Crippen LogP contribution in [0, 0.1) is 0 Å². The molecule has 0 fully saturated rings. The van der Waals surface area contributed by atoms with Gasteiger partial charge in [0.2, 0.25) is 11.8 Å². The Labute approximate surface area is 195 Å². The number of ether oxygens (including phenoxy) is 1. The third-order valence-electron chi connectivity index (χ3n) is 4.92. The van der Waals surface area contributed by atoms with Crippen LogP contribution in [0.1, 0.15) is 31.7 Å². The van der Waals surface area contributed by atoms with E-state index in [0.29, 0.717) is 24.4 Å². The van der Waals surface area contributed by atoms with Gasteiger partial charge in [-0.15, -0.1) is 0 Å². The number of carbonyl (C=O) groups is 2. The molecule has 0 unspecified atom stereocenters. The lowest BCUT2D eigenvalue weighted by Crippen LogP contribution is -2.21. The van der Waals surface area contributed by atoms with Gasteiger partial charge >= 0.3 is 0 Å². The van der Waals surface area contributed by atoms with Gasteiger partial charge in [0.15, 0.2) is 0 Å². The minimum Gasteiger partial charge on any atom is -0.494 e. The molecule has 0 aliphatic rings. The Bertz CT molecular complexity index is 1040. The highest BCUT2D eigenvalue weighted by atomic mass is 16.5. The summed E-state index contributed by atoms with van der Waals surface area (Å²) in [6.07, 6.45) is 3.16. The fourth-order valence-corrected chi connectivity index (χ4v) is 3.32. The van der Waals surface area contributed by atoms with E-state index in [1.165, 1.54) is 5.56 Å². The van der Waals surface area contributed by atoms with Gasteiger partial charge in [0.25, 0.3) is 0 Å². The second kappa shape index (κ2) is 12.9. The minimum atomic E-state index is -0.170. The van der Waals surface area contributed by atoms with Gasteiger partial charge in [0.05, 0.1) is 13.2 Å².